The minimum Gasteiger partial charge on any atom is -0.292 e. The number of nitrogens with zero attached hydrogens (tertiary/aromatic N) is 5. The van der Waals surface area contributed by atoms with Crippen LogP contribution in [0.25, 0.3) is 22.6 Å². The maximum absolute atomic E-state index is 12.9. The van der Waals surface area contributed by atoms with Crippen molar-refractivity contribution in [3.8, 4) is 22.6 Å². The first-order valence-corrected chi connectivity index (χ1v) is 11.8. The molecule has 0 radical (unpaired) electrons. The van der Waals surface area contributed by atoms with Crippen LogP contribution in [0.5, 0.6) is 0 Å². The van der Waals surface area contributed by atoms with Crippen molar-refractivity contribution in [2.45, 2.75) is 52.6 Å². The van der Waals surface area contributed by atoms with E-state index in [4.69, 9.17) is 4.98 Å². The van der Waals surface area contributed by atoms with E-state index >= 15 is 0 Å². The second-order valence-corrected chi connectivity index (χ2v) is 9.39. The summed E-state index contributed by atoms with van der Waals surface area (Å²) in [6, 6.07) is 18.9. The topological polar surface area (TPSA) is 63.9 Å². The van der Waals surface area contributed by atoms with E-state index in [2.05, 4.69) is 74.2 Å². The highest BCUT2D eigenvalue weighted by Gasteiger charge is 2.30. The molecule has 3 heterocycles. The van der Waals surface area contributed by atoms with Gasteiger partial charge in [-0.3, -0.25) is 14.4 Å². The quantitative estimate of drug-likeness (QED) is 0.372. The van der Waals surface area contributed by atoms with Crippen LogP contribution in [0.1, 0.15) is 56.3 Å². The van der Waals surface area contributed by atoms with Crippen LogP contribution in [0.2, 0.25) is 0 Å². The first-order valence-electron chi connectivity index (χ1n) is 11.8. The Bertz CT molecular complexity index is 1340. The third-order valence-corrected chi connectivity index (χ3v) is 6.31. The van der Waals surface area contributed by atoms with Gasteiger partial charge in [0.15, 0.2) is 5.82 Å². The SMILES string of the molecule is CC(C)c1ccccc1-c1ncc2c(n1)N(Cc1ccc(-c3ccnn3C(C)C)cc1)C(=O)C2. The first-order chi connectivity index (χ1) is 16.4. The summed E-state index contributed by atoms with van der Waals surface area (Å²) in [7, 11) is 0. The second kappa shape index (κ2) is 8.86. The molecule has 2 aromatic heterocycles. The smallest absolute Gasteiger partial charge is 0.233 e. The van der Waals surface area contributed by atoms with E-state index in [9.17, 15) is 4.79 Å². The lowest BCUT2D eigenvalue weighted by atomic mass is 9.97. The van der Waals surface area contributed by atoms with Crippen LogP contribution in [0.3, 0.4) is 0 Å². The Morgan fingerprint density at radius 1 is 0.971 bits per heavy atom. The molecule has 6 nitrogen and oxygen atoms in total. The van der Waals surface area contributed by atoms with Gasteiger partial charge in [0.05, 0.1) is 18.7 Å². The number of hydrogen-bond acceptors (Lipinski definition) is 4. The van der Waals surface area contributed by atoms with Gasteiger partial charge in [0, 0.05) is 29.6 Å². The van der Waals surface area contributed by atoms with E-state index in [1.54, 1.807) is 4.90 Å². The zero-order valence-electron chi connectivity index (χ0n) is 20.1. The predicted molar refractivity (Wildman–Crippen MR) is 134 cm³/mol. The maximum atomic E-state index is 12.9. The Kier molecular flexibility index (Phi) is 5.74. The summed E-state index contributed by atoms with van der Waals surface area (Å²) in [6.07, 6.45) is 3.98. The Hall–Kier alpha value is -3.80. The molecule has 0 saturated carbocycles. The monoisotopic (exact) mass is 451 g/mol. The molecule has 0 aliphatic carbocycles. The number of rotatable bonds is 6. The third-order valence-electron chi connectivity index (χ3n) is 6.31. The lowest BCUT2D eigenvalue weighted by molar-refractivity contribution is -0.117. The molecule has 0 bridgehead atoms. The zero-order valence-corrected chi connectivity index (χ0v) is 20.1. The maximum Gasteiger partial charge on any atom is 0.233 e. The van der Waals surface area contributed by atoms with Crippen LogP contribution >= 0.6 is 0 Å². The van der Waals surface area contributed by atoms with Crippen LogP contribution < -0.4 is 4.90 Å². The summed E-state index contributed by atoms with van der Waals surface area (Å²) < 4.78 is 2.02. The first kappa shape index (κ1) is 22.0. The molecule has 34 heavy (non-hydrogen) atoms. The normalized spacial score (nSPS) is 13.2. The average molecular weight is 452 g/mol. The van der Waals surface area contributed by atoms with Crippen molar-refractivity contribution in [3.63, 3.8) is 0 Å². The molecule has 0 unspecified atom stereocenters. The number of hydrogen-bond donors (Lipinski definition) is 0. The molecule has 1 aliphatic rings. The van der Waals surface area contributed by atoms with Crippen LogP contribution in [0.15, 0.2) is 67.0 Å². The molecule has 4 aromatic rings. The summed E-state index contributed by atoms with van der Waals surface area (Å²) in [4.78, 5) is 24.1. The number of benzene rings is 2. The van der Waals surface area contributed by atoms with Crippen molar-refractivity contribution in [2.75, 3.05) is 4.90 Å². The van der Waals surface area contributed by atoms with E-state index in [-0.39, 0.29) is 11.9 Å². The van der Waals surface area contributed by atoms with Crippen LogP contribution in [0.4, 0.5) is 5.82 Å². The van der Waals surface area contributed by atoms with E-state index in [0.29, 0.717) is 24.7 Å². The van der Waals surface area contributed by atoms with Crippen LogP contribution in [-0.2, 0) is 17.8 Å². The third kappa shape index (κ3) is 4.00. The molecule has 172 valence electrons. The van der Waals surface area contributed by atoms with Gasteiger partial charge in [0.2, 0.25) is 5.91 Å². The highest BCUT2D eigenvalue weighted by molar-refractivity contribution is 6.00. The molecule has 6 heteroatoms. The van der Waals surface area contributed by atoms with E-state index in [0.717, 1.165) is 33.8 Å². The standard InChI is InChI=1S/C28H29N5O/c1-18(2)23-7-5-6-8-24(23)27-29-16-22-15-26(34)32(28(22)31-27)17-20-9-11-21(12-10-20)25-13-14-30-33(25)19(3)4/h5-14,16,18-19H,15,17H2,1-4H3. The number of carbonyl (C=O) groups excluding carboxylic acids is 1. The van der Waals surface area contributed by atoms with Crippen molar-refractivity contribution < 1.29 is 4.79 Å². The van der Waals surface area contributed by atoms with Gasteiger partial charge < -0.3 is 0 Å². The lowest BCUT2D eigenvalue weighted by Gasteiger charge is -2.18. The van der Waals surface area contributed by atoms with Crippen LogP contribution in [0, 0.1) is 0 Å². The van der Waals surface area contributed by atoms with E-state index in [1.165, 1.54) is 5.56 Å². The summed E-state index contributed by atoms with van der Waals surface area (Å²) in [5, 5.41) is 4.43. The van der Waals surface area contributed by atoms with E-state index < -0.39 is 0 Å². The van der Waals surface area contributed by atoms with Gasteiger partial charge in [-0.25, -0.2) is 9.97 Å². The minimum absolute atomic E-state index is 0.0561. The predicted octanol–water partition coefficient (Wildman–Crippen LogP) is 5.80. The fourth-order valence-corrected chi connectivity index (χ4v) is 4.55. The van der Waals surface area contributed by atoms with Crippen LogP contribution in [-0.4, -0.2) is 25.7 Å². The molecule has 0 atom stereocenters. The van der Waals surface area contributed by atoms with Gasteiger partial charge in [-0.1, -0.05) is 62.4 Å². The second-order valence-electron chi connectivity index (χ2n) is 9.39. The van der Waals surface area contributed by atoms with Gasteiger partial charge in [0.1, 0.15) is 5.82 Å². The van der Waals surface area contributed by atoms with Gasteiger partial charge in [-0.15, -0.1) is 0 Å². The summed E-state index contributed by atoms with van der Waals surface area (Å²) in [6.45, 7) is 9.06. The Morgan fingerprint density at radius 2 is 1.74 bits per heavy atom. The molecule has 1 amide bonds. The summed E-state index contributed by atoms with van der Waals surface area (Å²) in [5.41, 5.74) is 6.36. The fourth-order valence-electron chi connectivity index (χ4n) is 4.55. The molecular formula is C28H29N5O. The molecule has 0 fully saturated rings. The molecule has 2 aromatic carbocycles. The molecular weight excluding hydrogens is 422 g/mol. The Balaban J connectivity index is 1.43. The van der Waals surface area contributed by atoms with Gasteiger partial charge in [-0.05, 0) is 42.5 Å². The molecule has 0 spiro atoms. The zero-order chi connectivity index (χ0) is 23.8. The van der Waals surface area contributed by atoms with Gasteiger partial charge >= 0.3 is 0 Å². The Labute approximate surface area is 200 Å². The molecule has 0 N–H and O–H groups in total. The molecule has 1 aliphatic heterocycles. The van der Waals surface area contributed by atoms with Crippen molar-refractivity contribution in [1.82, 2.24) is 19.7 Å². The lowest BCUT2D eigenvalue weighted by Crippen LogP contribution is -2.26. The fraction of sp³-hybridized carbons (Fsp3) is 0.286. The number of fused-ring (bicyclic) bond motifs is 1. The number of aromatic nitrogens is 4. The molecule has 0 saturated heterocycles. The van der Waals surface area contributed by atoms with Crippen molar-refractivity contribution in [3.05, 3.63) is 83.7 Å². The summed E-state index contributed by atoms with van der Waals surface area (Å²) in [5.74, 6) is 1.80. The Morgan fingerprint density at radius 3 is 2.47 bits per heavy atom. The van der Waals surface area contributed by atoms with Crippen molar-refractivity contribution >= 4 is 11.7 Å². The average Bonchev–Trinajstić information content (AvgIpc) is 3.44. The van der Waals surface area contributed by atoms with Gasteiger partial charge in [-0.2, -0.15) is 5.10 Å². The number of anilines is 1. The number of carbonyl (C=O) groups is 1. The van der Waals surface area contributed by atoms with Crippen molar-refractivity contribution in [2.24, 2.45) is 0 Å². The highest BCUT2D eigenvalue weighted by Crippen LogP contribution is 2.33. The summed E-state index contributed by atoms with van der Waals surface area (Å²) >= 11 is 0. The highest BCUT2D eigenvalue weighted by atomic mass is 16.2. The minimum atomic E-state index is 0.0561. The molecule has 5 rings (SSSR count). The van der Waals surface area contributed by atoms with E-state index in [1.807, 2.05) is 35.3 Å². The van der Waals surface area contributed by atoms with Crippen molar-refractivity contribution in [1.29, 1.82) is 0 Å². The number of amides is 1. The van der Waals surface area contributed by atoms with Gasteiger partial charge in [0.25, 0.3) is 0 Å². The largest absolute Gasteiger partial charge is 0.292 e.